The molecule has 0 aliphatic rings. The molecule has 2 aromatic rings. The fourth-order valence-corrected chi connectivity index (χ4v) is 2.18. The summed E-state index contributed by atoms with van der Waals surface area (Å²) < 4.78 is 5.33. The van der Waals surface area contributed by atoms with Crippen molar-refractivity contribution in [2.45, 2.75) is 19.9 Å². The fraction of sp³-hybridized carbons (Fsp3) is 0.235. The zero-order valence-corrected chi connectivity index (χ0v) is 12.0. The highest BCUT2D eigenvalue weighted by molar-refractivity contribution is 5.67. The highest BCUT2D eigenvalue weighted by atomic mass is 16.5. The van der Waals surface area contributed by atoms with Gasteiger partial charge in [0.2, 0.25) is 0 Å². The Kier molecular flexibility index (Phi) is 4.27. The van der Waals surface area contributed by atoms with Gasteiger partial charge in [-0.25, -0.2) is 0 Å². The zero-order chi connectivity index (χ0) is 14.5. The van der Waals surface area contributed by atoms with Gasteiger partial charge in [0, 0.05) is 6.04 Å². The molecule has 0 amide bonds. The number of benzene rings is 2. The normalized spacial score (nSPS) is 11.5. The molecule has 1 N–H and O–H groups in total. The zero-order valence-electron chi connectivity index (χ0n) is 12.0. The third-order valence-corrected chi connectivity index (χ3v) is 3.27. The van der Waals surface area contributed by atoms with E-state index < -0.39 is 0 Å². The van der Waals surface area contributed by atoms with Gasteiger partial charge in [-0.2, -0.15) is 5.26 Å². The van der Waals surface area contributed by atoms with E-state index in [9.17, 15) is 5.26 Å². The standard InChI is InChI=1S/C17H18N2O/c1-12-6-4-7-14(10-12)13(2)19-17-15(11-18)8-5-9-16(17)20-3/h4-10,13,19H,1-3H3. The van der Waals surface area contributed by atoms with Crippen LogP contribution in [0.3, 0.4) is 0 Å². The minimum atomic E-state index is 0.0956. The second kappa shape index (κ2) is 6.12. The van der Waals surface area contributed by atoms with Crippen LogP contribution >= 0.6 is 0 Å². The summed E-state index contributed by atoms with van der Waals surface area (Å²) in [7, 11) is 1.61. The Labute approximate surface area is 119 Å². The molecular formula is C17H18N2O. The van der Waals surface area contributed by atoms with Gasteiger partial charge in [-0.3, -0.25) is 0 Å². The van der Waals surface area contributed by atoms with Crippen molar-refractivity contribution < 1.29 is 4.74 Å². The van der Waals surface area contributed by atoms with Gasteiger partial charge in [-0.05, 0) is 31.5 Å². The van der Waals surface area contributed by atoms with Crippen molar-refractivity contribution in [2.75, 3.05) is 12.4 Å². The quantitative estimate of drug-likeness (QED) is 0.908. The first kappa shape index (κ1) is 14.0. The molecule has 1 unspecified atom stereocenters. The van der Waals surface area contributed by atoms with Gasteiger partial charge in [-0.1, -0.05) is 35.9 Å². The molecule has 3 nitrogen and oxygen atoms in total. The summed E-state index contributed by atoms with van der Waals surface area (Å²) in [6.07, 6.45) is 0. The minimum absolute atomic E-state index is 0.0956. The van der Waals surface area contributed by atoms with Crippen LogP contribution in [0.2, 0.25) is 0 Å². The number of methoxy groups -OCH3 is 1. The average molecular weight is 266 g/mol. The lowest BCUT2D eigenvalue weighted by atomic mass is 10.0. The maximum absolute atomic E-state index is 9.22. The van der Waals surface area contributed by atoms with Crippen LogP contribution in [0.25, 0.3) is 0 Å². The molecule has 0 aliphatic heterocycles. The summed E-state index contributed by atoms with van der Waals surface area (Å²) in [6, 6.07) is 16.1. The van der Waals surface area contributed by atoms with Gasteiger partial charge in [0.25, 0.3) is 0 Å². The third kappa shape index (κ3) is 2.92. The summed E-state index contributed by atoms with van der Waals surface area (Å²) in [6.45, 7) is 4.14. The largest absolute Gasteiger partial charge is 0.495 e. The van der Waals surface area contributed by atoms with E-state index in [0.717, 1.165) is 5.69 Å². The van der Waals surface area contributed by atoms with Gasteiger partial charge in [0.1, 0.15) is 11.8 Å². The molecule has 0 heterocycles. The van der Waals surface area contributed by atoms with E-state index in [1.165, 1.54) is 11.1 Å². The number of nitriles is 1. The van der Waals surface area contributed by atoms with E-state index in [-0.39, 0.29) is 6.04 Å². The second-order valence-corrected chi connectivity index (χ2v) is 4.77. The molecule has 0 saturated carbocycles. The first-order chi connectivity index (χ1) is 9.65. The number of anilines is 1. The number of para-hydroxylation sites is 1. The lowest BCUT2D eigenvalue weighted by Crippen LogP contribution is -2.09. The van der Waals surface area contributed by atoms with E-state index in [0.29, 0.717) is 11.3 Å². The van der Waals surface area contributed by atoms with Crippen LogP contribution in [0.1, 0.15) is 29.7 Å². The van der Waals surface area contributed by atoms with Crippen LogP contribution in [0, 0.1) is 18.3 Å². The first-order valence-corrected chi connectivity index (χ1v) is 6.56. The summed E-state index contributed by atoms with van der Waals surface area (Å²) >= 11 is 0. The Balaban J connectivity index is 2.32. The average Bonchev–Trinajstić information content (AvgIpc) is 2.47. The molecule has 2 aromatic carbocycles. The third-order valence-electron chi connectivity index (χ3n) is 3.27. The lowest BCUT2D eigenvalue weighted by molar-refractivity contribution is 0.416. The number of nitrogens with one attached hydrogen (secondary N) is 1. The molecule has 0 saturated heterocycles. The van der Waals surface area contributed by atoms with Crippen LogP contribution in [0.5, 0.6) is 5.75 Å². The van der Waals surface area contributed by atoms with Crippen molar-refractivity contribution in [3.05, 3.63) is 59.2 Å². The molecule has 0 aromatic heterocycles. The van der Waals surface area contributed by atoms with Crippen molar-refractivity contribution >= 4 is 5.69 Å². The molecule has 102 valence electrons. The topological polar surface area (TPSA) is 45.0 Å². The fourth-order valence-electron chi connectivity index (χ4n) is 2.18. The van der Waals surface area contributed by atoms with Crippen molar-refractivity contribution in [1.82, 2.24) is 0 Å². The summed E-state index contributed by atoms with van der Waals surface area (Å²) in [4.78, 5) is 0. The second-order valence-electron chi connectivity index (χ2n) is 4.77. The van der Waals surface area contributed by atoms with E-state index in [4.69, 9.17) is 4.74 Å². The Bertz CT molecular complexity index is 644. The molecule has 0 aliphatic carbocycles. The monoisotopic (exact) mass is 266 g/mol. The maximum Gasteiger partial charge on any atom is 0.143 e. The highest BCUT2D eigenvalue weighted by Gasteiger charge is 2.12. The van der Waals surface area contributed by atoms with Crippen LogP contribution in [0.15, 0.2) is 42.5 Å². The predicted molar refractivity (Wildman–Crippen MR) is 80.9 cm³/mol. The number of nitrogens with zero attached hydrogens (tertiary/aromatic N) is 1. The van der Waals surface area contributed by atoms with Crippen LogP contribution in [-0.2, 0) is 0 Å². The Hall–Kier alpha value is -2.47. The van der Waals surface area contributed by atoms with Gasteiger partial charge in [-0.15, -0.1) is 0 Å². The number of hydrogen-bond acceptors (Lipinski definition) is 3. The van der Waals surface area contributed by atoms with Crippen LogP contribution in [0.4, 0.5) is 5.69 Å². The van der Waals surface area contributed by atoms with Crippen LogP contribution in [-0.4, -0.2) is 7.11 Å². The van der Waals surface area contributed by atoms with Gasteiger partial charge < -0.3 is 10.1 Å². The Morgan fingerprint density at radius 2 is 1.95 bits per heavy atom. The van der Waals surface area contributed by atoms with E-state index in [2.05, 4.69) is 43.4 Å². The number of rotatable bonds is 4. The van der Waals surface area contributed by atoms with Gasteiger partial charge >= 0.3 is 0 Å². The molecule has 0 fully saturated rings. The number of aryl methyl sites for hydroxylation is 1. The molecule has 2 rings (SSSR count). The summed E-state index contributed by atoms with van der Waals surface area (Å²) in [5.74, 6) is 0.684. The molecule has 20 heavy (non-hydrogen) atoms. The predicted octanol–water partition coefficient (Wildman–Crippen LogP) is 4.05. The number of ether oxygens (including phenoxy) is 1. The van der Waals surface area contributed by atoms with Crippen molar-refractivity contribution in [3.8, 4) is 11.8 Å². The molecule has 0 spiro atoms. The molecule has 1 atom stereocenters. The van der Waals surface area contributed by atoms with Gasteiger partial charge in [0.15, 0.2) is 0 Å². The van der Waals surface area contributed by atoms with Crippen molar-refractivity contribution in [2.24, 2.45) is 0 Å². The van der Waals surface area contributed by atoms with Crippen molar-refractivity contribution in [3.63, 3.8) is 0 Å². The molecule has 0 bridgehead atoms. The van der Waals surface area contributed by atoms with Gasteiger partial charge in [0.05, 0.1) is 18.4 Å². The highest BCUT2D eigenvalue weighted by Crippen LogP contribution is 2.31. The van der Waals surface area contributed by atoms with Crippen LogP contribution < -0.4 is 10.1 Å². The molecule has 3 heteroatoms. The van der Waals surface area contributed by atoms with E-state index >= 15 is 0 Å². The number of hydrogen-bond donors (Lipinski definition) is 1. The summed E-state index contributed by atoms with van der Waals surface area (Å²) in [5, 5.41) is 12.6. The molecule has 0 radical (unpaired) electrons. The maximum atomic E-state index is 9.22. The Morgan fingerprint density at radius 3 is 2.60 bits per heavy atom. The smallest absolute Gasteiger partial charge is 0.143 e. The van der Waals surface area contributed by atoms with E-state index in [1.807, 2.05) is 18.2 Å². The first-order valence-electron chi connectivity index (χ1n) is 6.56. The lowest BCUT2D eigenvalue weighted by Gasteiger charge is -2.19. The van der Waals surface area contributed by atoms with Crippen molar-refractivity contribution in [1.29, 1.82) is 5.26 Å². The molecular weight excluding hydrogens is 248 g/mol. The SMILES string of the molecule is COc1cccc(C#N)c1NC(C)c1cccc(C)c1. The minimum Gasteiger partial charge on any atom is -0.495 e. The Morgan fingerprint density at radius 1 is 1.20 bits per heavy atom. The van der Waals surface area contributed by atoms with E-state index in [1.54, 1.807) is 13.2 Å². The summed E-state index contributed by atoms with van der Waals surface area (Å²) in [5.41, 5.74) is 3.73.